The average Bonchev–Trinajstić information content (AvgIpc) is 2.97. The number of rotatable bonds is 6. The molecule has 3 heteroatoms. The molecule has 102 valence electrons. The lowest BCUT2D eigenvalue weighted by Gasteiger charge is -2.22. The van der Waals surface area contributed by atoms with Crippen LogP contribution in [0.4, 0.5) is 0 Å². The van der Waals surface area contributed by atoms with Crippen LogP contribution in [0.15, 0.2) is 16.5 Å². The van der Waals surface area contributed by atoms with Crippen LogP contribution in [0.3, 0.4) is 0 Å². The first-order valence-corrected chi connectivity index (χ1v) is 7.17. The van der Waals surface area contributed by atoms with Crippen molar-refractivity contribution in [2.75, 3.05) is 26.2 Å². The Balaban J connectivity index is 1.70. The number of hydrogen-bond acceptors (Lipinski definition) is 3. The van der Waals surface area contributed by atoms with Gasteiger partial charge in [-0.2, -0.15) is 0 Å². The van der Waals surface area contributed by atoms with Gasteiger partial charge in [-0.1, -0.05) is 6.92 Å². The summed E-state index contributed by atoms with van der Waals surface area (Å²) in [7, 11) is 0. The van der Waals surface area contributed by atoms with Gasteiger partial charge in [0, 0.05) is 6.54 Å². The zero-order valence-electron chi connectivity index (χ0n) is 11.9. The molecule has 2 unspecified atom stereocenters. The first kappa shape index (κ1) is 13.6. The molecule has 3 nitrogen and oxygen atoms in total. The third-order valence-corrected chi connectivity index (χ3v) is 3.73. The van der Waals surface area contributed by atoms with Crippen LogP contribution in [-0.2, 0) is 0 Å². The summed E-state index contributed by atoms with van der Waals surface area (Å²) >= 11 is 0. The number of furan rings is 1. The number of hydrogen-bond donors (Lipinski definition) is 1. The van der Waals surface area contributed by atoms with E-state index in [2.05, 4.69) is 30.1 Å². The van der Waals surface area contributed by atoms with Gasteiger partial charge < -0.3 is 14.6 Å². The van der Waals surface area contributed by atoms with Gasteiger partial charge in [-0.25, -0.2) is 0 Å². The third kappa shape index (κ3) is 3.85. The van der Waals surface area contributed by atoms with Crippen molar-refractivity contribution >= 4 is 0 Å². The van der Waals surface area contributed by atoms with Crippen molar-refractivity contribution in [3.8, 4) is 0 Å². The molecular weight excluding hydrogens is 224 g/mol. The van der Waals surface area contributed by atoms with Crippen LogP contribution in [0, 0.1) is 12.8 Å². The van der Waals surface area contributed by atoms with Gasteiger partial charge in [0.1, 0.15) is 11.5 Å². The molecule has 0 aliphatic carbocycles. The minimum Gasteiger partial charge on any atom is -0.465 e. The van der Waals surface area contributed by atoms with E-state index in [0.717, 1.165) is 18.1 Å². The molecule has 2 heterocycles. The maximum atomic E-state index is 5.64. The molecule has 1 saturated heterocycles. The number of likely N-dealkylation sites (tertiary alicyclic amines) is 1. The number of nitrogens with one attached hydrogen (secondary N) is 1. The first-order chi connectivity index (χ1) is 8.65. The van der Waals surface area contributed by atoms with Crippen molar-refractivity contribution < 1.29 is 4.42 Å². The lowest BCUT2D eigenvalue weighted by molar-refractivity contribution is 0.275. The molecule has 0 radical (unpaired) electrons. The van der Waals surface area contributed by atoms with Crippen LogP contribution < -0.4 is 5.32 Å². The Morgan fingerprint density at radius 3 is 2.61 bits per heavy atom. The van der Waals surface area contributed by atoms with Gasteiger partial charge in [-0.3, -0.25) is 0 Å². The highest BCUT2D eigenvalue weighted by atomic mass is 16.3. The lowest BCUT2D eigenvalue weighted by Crippen LogP contribution is -2.32. The second kappa shape index (κ2) is 6.39. The van der Waals surface area contributed by atoms with Gasteiger partial charge in [-0.05, 0) is 64.4 Å². The maximum absolute atomic E-state index is 5.64. The summed E-state index contributed by atoms with van der Waals surface area (Å²) in [5, 5.41) is 3.57. The van der Waals surface area contributed by atoms with E-state index in [9.17, 15) is 0 Å². The van der Waals surface area contributed by atoms with Crippen molar-refractivity contribution in [3.05, 3.63) is 23.7 Å². The van der Waals surface area contributed by atoms with Gasteiger partial charge >= 0.3 is 0 Å². The van der Waals surface area contributed by atoms with Gasteiger partial charge in [0.25, 0.3) is 0 Å². The zero-order chi connectivity index (χ0) is 13.0. The van der Waals surface area contributed by atoms with Crippen LogP contribution in [0.25, 0.3) is 0 Å². The van der Waals surface area contributed by atoms with Gasteiger partial charge in [0.15, 0.2) is 0 Å². The Morgan fingerprint density at radius 2 is 2.00 bits per heavy atom. The molecule has 1 N–H and O–H groups in total. The van der Waals surface area contributed by atoms with Gasteiger partial charge in [0.05, 0.1) is 6.04 Å². The summed E-state index contributed by atoms with van der Waals surface area (Å²) in [6.07, 6.45) is 2.75. The van der Waals surface area contributed by atoms with Crippen LogP contribution in [0.2, 0.25) is 0 Å². The van der Waals surface area contributed by atoms with Crippen molar-refractivity contribution in [2.24, 2.45) is 5.92 Å². The molecule has 18 heavy (non-hydrogen) atoms. The Bertz CT molecular complexity index is 355. The largest absolute Gasteiger partial charge is 0.465 e. The highest BCUT2D eigenvalue weighted by molar-refractivity contribution is 5.08. The number of nitrogens with zero attached hydrogens (tertiary/aromatic N) is 1. The molecule has 0 aromatic carbocycles. The topological polar surface area (TPSA) is 28.4 Å². The summed E-state index contributed by atoms with van der Waals surface area (Å²) in [5.41, 5.74) is 0. The fourth-order valence-corrected chi connectivity index (χ4v) is 2.64. The molecule has 0 saturated carbocycles. The van der Waals surface area contributed by atoms with E-state index in [1.54, 1.807) is 0 Å². The van der Waals surface area contributed by atoms with Crippen molar-refractivity contribution in [1.82, 2.24) is 10.2 Å². The summed E-state index contributed by atoms with van der Waals surface area (Å²) in [5.74, 6) is 2.73. The first-order valence-electron chi connectivity index (χ1n) is 7.17. The zero-order valence-corrected chi connectivity index (χ0v) is 11.9. The normalized spacial score (nSPS) is 20.2. The number of aryl methyl sites for hydroxylation is 1. The molecule has 1 aliphatic heterocycles. The minimum absolute atomic E-state index is 0.305. The predicted molar refractivity (Wildman–Crippen MR) is 74.7 cm³/mol. The van der Waals surface area contributed by atoms with Crippen LogP contribution in [0.1, 0.15) is 44.3 Å². The van der Waals surface area contributed by atoms with E-state index in [4.69, 9.17) is 4.42 Å². The van der Waals surface area contributed by atoms with Crippen molar-refractivity contribution in [3.63, 3.8) is 0 Å². The van der Waals surface area contributed by atoms with E-state index in [-0.39, 0.29) is 0 Å². The van der Waals surface area contributed by atoms with Gasteiger partial charge in [0.2, 0.25) is 0 Å². The Hall–Kier alpha value is -0.800. The molecule has 1 aliphatic rings. The highest BCUT2D eigenvalue weighted by Gasteiger charge is 2.16. The minimum atomic E-state index is 0.305. The van der Waals surface area contributed by atoms with E-state index in [0.29, 0.717) is 12.0 Å². The SMILES string of the molecule is Cc1ccc(C(C)NCC(C)CN2CCCC2)o1. The second-order valence-electron chi connectivity index (χ2n) is 5.69. The quantitative estimate of drug-likeness (QED) is 0.841. The van der Waals surface area contributed by atoms with E-state index in [1.807, 2.05) is 13.0 Å². The Kier molecular flexibility index (Phi) is 4.84. The maximum Gasteiger partial charge on any atom is 0.120 e. The smallest absolute Gasteiger partial charge is 0.120 e. The molecule has 0 amide bonds. The molecule has 1 aromatic heterocycles. The predicted octanol–water partition coefficient (Wildman–Crippen LogP) is 2.97. The average molecular weight is 250 g/mol. The molecule has 1 fully saturated rings. The monoisotopic (exact) mass is 250 g/mol. The van der Waals surface area contributed by atoms with Crippen molar-refractivity contribution in [1.29, 1.82) is 0 Å². The van der Waals surface area contributed by atoms with Gasteiger partial charge in [-0.15, -0.1) is 0 Å². The fourth-order valence-electron chi connectivity index (χ4n) is 2.64. The highest BCUT2D eigenvalue weighted by Crippen LogP contribution is 2.16. The summed E-state index contributed by atoms with van der Waals surface area (Å²) < 4.78 is 5.64. The fraction of sp³-hybridized carbons (Fsp3) is 0.733. The van der Waals surface area contributed by atoms with Crippen LogP contribution >= 0.6 is 0 Å². The Labute approximate surface area is 111 Å². The molecule has 2 atom stereocenters. The van der Waals surface area contributed by atoms with E-state index < -0.39 is 0 Å². The molecule has 0 bridgehead atoms. The third-order valence-electron chi connectivity index (χ3n) is 3.73. The lowest BCUT2D eigenvalue weighted by atomic mass is 10.1. The van der Waals surface area contributed by atoms with E-state index >= 15 is 0 Å². The molecular formula is C15H26N2O. The van der Waals surface area contributed by atoms with Crippen molar-refractivity contribution in [2.45, 2.75) is 39.7 Å². The summed E-state index contributed by atoms with van der Waals surface area (Å²) in [4.78, 5) is 2.58. The standard InChI is InChI=1S/C15H26N2O/c1-12(11-17-8-4-5-9-17)10-16-14(3)15-7-6-13(2)18-15/h6-7,12,14,16H,4-5,8-11H2,1-3H3. The Morgan fingerprint density at radius 1 is 1.28 bits per heavy atom. The molecule has 1 aromatic rings. The van der Waals surface area contributed by atoms with Crippen LogP contribution in [-0.4, -0.2) is 31.1 Å². The summed E-state index contributed by atoms with van der Waals surface area (Å²) in [6.45, 7) is 11.3. The van der Waals surface area contributed by atoms with Crippen LogP contribution in [0.5, 0.6) is 0 Å². The molecule has 0 spiro atoms. The second-order valence-corrected chi connectivity index (χ2v) is 5.69. The van der Waals surface area contributed by atoms with E-state index in [1.165, 1.54) is 32.5 Å². The summed E-state index contributed by atoms with van der Waals surface area (Å²) in [6, 6.07) is 4.40. The molecule has 2 rings (SSSR count).